The molecule has 2 N–H and O–H groups in total. The van der Waals surface area contributed by atoms with E-state index < -0.39 is 0 Å². The zero-order valence-corrected chi connectivity index (χ0v) is 12.7. The van der Waals surface area contributed by atoms with Crippen molar-refractivity contribution in [2.45, 2.75) is 20.3 Å². The number of methoxy groups -OCH3 is 2. The molecular weight excluding hydrogens is 262 g/mol. The number of hydrogen-bond acceptors (Lipinski definition) is 4. The van der Waals surface area contributed by atoms with Gasteiger partial charge in [0.15, 0.2) is 11.5 Å². The van der Waals surface area contributed by atoms with Crippen LogP contribution in [0.1, 0.15) is 20.3 Å². The summed E-state index contributed by atoms with van der Waals surface area (Å²) < 4.78 is 16.2. The van der Waals surface area contributed by atoms with Crippen molar-refractivity contribution in [3.8, 4) is 17.2 Å². The molecule has 0 amide bonds. The van der Waals surface area contributed by atoms with Crippen molar-refractivity contribution in [3.63, 3.8) is 0 Å². The molecule has 0 aromatic heterocycles. The van der Waals surface area contributed by atoms with Gasteiger partial charge in [0.05, 0.1) is 25.8 Å². The van der Waals surface area contributed by atoms with E-state index in [1.807, 2.05) is 32.0 Å². The van der Waals surface area contributed by atoms with E-state index in [2.05, 4.69) is 0 Å². The lowest BCUT2D eigenvalue weighted by Gasteiger charge is -2.23. The third kappa shape index (κ3) is 3.99. The highest BCUT2D eigenvalue weighted by Crippen LogP contribution is 2.37. The Balaban J connectivity index is 2.71. The molecule has 0 spiro atoms. The van der Waals surface area contributed by atoms with Crippen molar-refractivity contribution in [2.24, 2.45) is 11.1 Å². The van der Waals surface area contributed by atoms with Gasteiger partial charge in [0.1, 0.15) is 0 Å². The molecule has 0 fully saturated rings. The second kappa shape index (κ2) is 6.61. The summed E-state index contributed by atoms with van der Waals surface area (Å²) in [4.78, 5) is 0.494. The number of thiocarbonyl (C=S) groups is 1. The average Bonchev–Trinajstić information content (AvgIpc) is 2.37. The molecule has 0 saturated heterocycles. The SMILES string of the molecule is COc1cccc(OCCC(C)(C)C(N)=S)c1OC. The van der Waals surface area contributed by atoms with Gasteiger partial charge in [-0.15, -0.1) is 0 Å². The van der Waals surface area contributed by atoms with Crippen molar-refractivity contribution < 1.29 is 14.2 Å². The van der Waals surface area contributed by atoms with E-state index >= 15 is 0 Å². The highest BCUT2D eigenvalue weighted by Gasteiger charge is 2.21. The number of nitrogens with two attached hydrogens (primary N) is 1. The molecule has 0 aliphatic rings. The van der Waals surface area contributed by atoms with Crippen LogP contribution in [0.2, 0.25) is 0 Å². The molecule has 106 valence electrons. The zero-order chi connectivity index (χ0) is 14.5. The maximum absolute atomic E-state index is 5.74. The Morgan fingerprint density at radius 1 is 1.21 bits per heavy atom. The molecule has 1 rings (SSSR count). The van der Waals surface area contributed by atoms with Crippen molar-refractivity contribution in [1.29, 1.82) is 0 Å². The van der Waals surface area contributed by atoms with Gasteiger partial charge in [-0.2, -0.15) is 0 Å². The topological polar surface area (TPSA) is 53.7 Å². The van der Waals surface area contributed by atoms with Crippen LogP contribution in [-0.4, -0.2) is 25.8 Å². The van der Waals surface area contributed by atoms with E-state index in [1.165, 1.54) is 0 Å². The molecule has 19 heavy (non-hydrogen) atoms. The minimum Gasteiger partial charge on any atom is -0.493 e. The van der Waals surface area contributed by atoms with Crippen LogP contribution in [0.15, 0.2) is 18.2 Å². The minimum absolute atomic E-state index is 0.221. The molecule has 0 atom stereocenters. The first-order valence-corrected chi connectivity index (χ1v) is 6.47. The van der Waals surface area contributed by atoms with Gasteiger partial charge in [-0.3, -0.25) is 0 Å². The van der Waals surface area contributed by atoms with Crippen molar-refractivity contribution >= 4 is 17.2 Å². The summed E-state index contributed by atoms with van der Waals surface area (Å²) in [5.41, 5.74) is 5.46. The highest BCUT2D eigenvalue weighted by atomic mass is 32.1. The van der Waals surface area contributed by atoms with Crippen molar-refractivity contribution in [3.05, 3.63) is 18.2 Å². The molecule has 0 bridgehead atoms. The monoisotopic (exact) mass is 283 g/mol. The maximum Gasteiger partial charge on any atom is 0.203 e. The Morgan fingerprint density at radius 2 is 1.84 bits per heavy atom. The molecule has 0 radical (unpaired) electrons. The number of rotatable bonds is 7. The van der Waals surface area contributed by atoms with Gasteiger partial charge in [-0.25, -0.2) is 0 Å². The van der Waals surface area contributed by atoms with Crippen LogP contribution in [0.3, 0.4) is 0 Å². The van der Waals surface area contributed by atoms with Crippen molar-refractivity contribution in [1.82, 2.24) is 0 Å². The summed E-state index contributed by atoms with van der Waals surface area (Å²) in [6.07, 6.45) is 0.739. The maximum atomic E-state index is 5.74. The lowest BCUT2D eigenvalue weighted by molar-refractivity contribution is 0.253. The molecule has 0 aliphatic heterocycles. The van der Waals surface area contributed by atoms with E-state index in [0.717, 1.165) is 6.42 Å². The van der Waals surface area contributed by atoms with Gasteiger partial charge in [0.2, 0.25) is 5.75 Å². The van der Waals surface area contributed by atoms with Crippen LogP contribution < -0.4 is 19.9 Å². The van der Waals surface area contributed by atoms with Gasteiger partial charge < -0.3 is 19.9 Å². The number of hydrogen-bond donors (Lipinski definition) is 1. The third-order valence-corrected chi connectivity index (χ3v) is 3.57. The smallest absolute Gasteiger partial charge is 0.203 e. The standard InChI is InChI=1S/C14H21NO3S/c1-14(2,13(15)19)8-9-18-11-7-5-6-10(16-3)12(11)17-4/h5-7H,8-9H2,1-4H3,(H2,15,19). The number of para-hydroxylation sites is 1. The predicted molar refractivity (Wildman–Crippen MR) is 80.2 cm³/mol. The molecular formula is C14H21NO3S. The van der Waals surface area contributed by atoms with Crippen LogP contribution in [0.5, 0.6) is 17.2 Å². The fourth-order valence-electron chi connectivity index (χ4n) is 1.51. The molecule has 0 saturated carbocycles. The Hall–Kier alpha value is -1.49. The van der Waals surface area contributed by atoms with E-state index in [4.69, 9.17) is 32.2 Å². The second-order valence-electron chi connectivity index (χ2n) is 4.84. The third-order valence-electron chi connectivity index (χ3n) is 3.02. The lowest BCUT2D eigenvalue weighted by Crippen LogP contribution is -2.31. The Labute approximate surface area is 119 Å². The van der Waals surface area contributed by atoms with Crippen LogP contribution in [0.4, 0.5) is 0 Å². The molecule has 0 unspecified atom stereocenters. The first-order chi connectivity index (χ1) is 8.92. The van der Waals surface area contributed by atoms with Gasteiger partial charge in [-0.05, 0) is 18.6 Å². The first-order valence-electron chi connectivity index (χ1n) is 6.06. The molecule has 4 nitrogen and oxygen atoms in total. The molecule has 0 aliphatic carbocycles. The van der Waals surface area contributed by atoms with Gasteiger partial charge in [0, 0.05) is 5.41 Å². The van der Waals surface area contributed by atoms with Crippen molar-refractivity contribution in [2.75, 3.05) is 20.8 Å². The normalized spacial score (nSPS) is 10.9. The van der Waals surface area contributed by atoms with Gasteiger partial charge >= 0.3 is 0 Å². The summed E-state index contributed by atoms with van der Waals surface area (Å²) in [6, 6.07) is 5.52. The summed E-state index contributed by atoms with van der Waals surface area (Å²) in [5.74, 6) is 1.90. The Kier molecular flexibility index (Phi) is 5.42. The largest absolute Gasteiger partial charge is 0.493 e. The van der Waals surface area contributed by atoms with E-state index in [-0.39, 0.29) is 5.41 Å². The lowest BCUT2D eigenvalue weighted by atomic mass is 9.90. The van der Waals surface area contributed by atoms with E-state index in [0.29, 0.717) is 28.8 Å². The summed E-state index contributed by atoms with van der Waals surface area (Å²) in [5, 5.41) is 0. The average molecular weight is 283 g/mol. The molecule has 0 heterocycles. The number of benzene rings is 1. The summed E-state index contributed by atoms with van der Waals surface area (Å²) in [6.45, 7) is 4.51. The Morgan fingerprint density at radius 3 is 2.37 bits per heavy atom. The quantitative estimate of drug-likeness (QED) is 0.780. The fraction of sp³-hybridized carbons (Fsp3) is 0.500. The van der Waals surface area contributed by atoms with E-state index in [9.17, 15) is 0 Å². The molecule has 1 aromatic rings. The molecule has 1 aromatic carbocycles. The second-order valence-corrected chi connectivity index (χ2v) is 5.28. The van der Waals surface area contributed by atoms with Crippen LogP contribution in [0.25, 0.3) is 0 Å². The summed E-state index contributed by atoms with van der Waals surface area (Å²) >= 11 is 5.03. The van der Waals surface area contributed by atoms with Gasteiger partial charge in [0.25, 0.3) is 0 Å². The van der Waals surface area contributed by atoms with Crippen LogP contribution in [-0.2, 0) is 0 Å². The van der Waals surface area contributed by atoms with Gasteiger partial charge in [-0.1, -0.05) is 32.1 Å². The highest BCUT2D eigenvalue weighted by molar-refractivity contribution is 7.80. The van der Waals surface area contributed by atoms with Crippen LogP contribution >= 0.6 is 12.2 Å². The minimum atomic E-state index is -0.221. The summed E-state index contributed by atoms with van der Waals surface area (Å²) in [7, 11) is 3.18. The fourth-order valence-corrected chi connectivity index (χ4v) is 1.61. The zero-order valence-electron chi connectivity index (χ0n) is 11.9. The van der Waals surface area contributed by atoms with Crippen LogP contribution in [0, 0.1) is 5.41 Å². The van der Waals surface area contributed by atoms with E-state index in [1.54, 1.807) is 14.2 Å². The number of ether oxygens (including phenoxy) is 3. The predicted octanol–water partition coefficient (Wildman–Crippen LogP) is 2.79. The Bertz CT molecular complexity index is 446. The first kappa shape index (κ1) is 15.6. The molecule has 5 heteroatoms.